The molecule has 0 saturated carbocycles. The molecule has 0 spiro atoms. The standard InChI is InChI=1S/C32H37FN4O4/c1-5-36-16-14-34-31(36)22-10-12-26(28(18-22)38-3)40-20-24-8-7-9-25(30(24)33)21-41-27-13-11-23(19-29(27)39-4)32-35-15-17-37(32)6-2/h7-13,18-19H,5-6,14-17,20-21H2,1-4H3. The molecular formula is C32H37FN4O4. The second kappa shape index (κ2) is 12.9. The molecule has 5 rings (SSSR count). The molecule has 0 radical (unpaired) electrons. The summed E-state index contributed by atoms with van der Waals surface area (Å²) in [6, 6.07) is 16.7. The lowest BCUT2D eigenvalue weighted by atomic mass is 10.1. The molecule has 216 valence electrons. The highest BCUT2D eigenvalue weighted by atomic mass is 19.1. The van der Waals surface area contributed by atoms with Crippen LogP contribution in [0.15, 0.2) is 64.6 Å². The highest BCUT2D eigenvalue weighted by Crippen LogP contribution is 2.32. The van der Waals surface area contributed by atoms with Crippen LogP contribution in [-0.4, -0.2) is 75.0 Å². The second-order valence-electron chi connectivity index (χ2n) is 9.77. The second-order valence-corrected chi connectivity index (χ2v) is 9.77. The summed E-state index contributed by atoms with van der Waals surface area (Å²) in [4.78, 5) is 13.7. The number of amidine groups is 2. The van der Waals surface area contributed by atoms with Crippen molar-refractivity contribution in [3.63, 3.8) is 0 Å². The van der Waals surface area contributed by atoms with Crippen LogP contribution in [0.3, 0.4) is 0 Å². The number of nitrogens with zero attached hydrogens (tertiary/aromatic N) is 4. The lowest BCUT2D eigenvalue weighted by Gasteiger charge is -2.19. The number of rotatable bonds is 12. The van der Waals surface area contributed by atoms with Gasteiger partial charge in [-0.05, 0) is 50.2 Å². The molecule has 8 nitrogen and oxygen atoms in total. The molecule has 3 aromatic carbocycles. The minimum atomic E-state index is -0.364. The molecule has 0 amide bonds. The van der Waals surface area contributed by atoms with Crippen molar-refractivity contribution < 1.29 is 23.3 Å². The summed E-state index contributed by atoms with van der Waals surface area (Å²) >= 11 is 0. The van der Waals surface area contributed by atoms with Gasteiger partial charge in [-0.3, -0.25) is 9.98 Å². The number of aliphatic imine (C=N–C) groups is 2. The third-order valence-corrected chi connectivity index (χ3v) is 7.39. The van der Waals surface area contributed by atoms with E-state index in [9.17, 15) is 0 Å². The van der Waals surface area contributed by atoms with Crippen LogP contribution >= 0.6 is 0 Å². The molecule has 41 heavy (non-hydrogen) atoms. The fraction of sp³-hybridized carbons (Fsp3) is 0.375. The Balaban J connectivity index is 1.26. The van der Waals surface area contributed by atoms with E-state index >= 15 is 4.39 Å². The van der Waals surface area contributed by atoms with E-state index in [4.69, 9.17) is 18.9 Å². The molecule has 9 heteroatoms. The Morgan fingerprint density at radius 3 is 1.56 bits per heavy atom. The van der Waals surface area contributed by atoms with Crippen LogP contribution in [-0.2, 0) is 13.2 Å². The van der Waals surface area contributed by atoms with Crippen molar-refractivity contribution in [1.82, 2.24) is 9.80 Å². The van der Waals surface area contributed by atoms with Crippen LogP contribution in [0.4, 0.5) is 4.39 Å². The maximum absolute atomic E-state index is 15.5. The number of hydrogen-bond acceptors (Lipinski definition) is 8. The summed E-state index contributed by atoms with van der Waals surface area (Å²) in [5.74, 6) is 3.78. The van der Waals surface area contributed by atoms with Gasteiger partial charge < -0.3 is 28.7 Å². The van der Waals surface area contributed by atoms with Gasteiger partial charge in [-0.15, -0.1) is 0 Å². The first-order chi connectivity index (χ1) is 20.1. The number of hydrogen-bond donors (Lipinski definition) is 0. The third-order valence-electron chi connectivity index (χ3n) is 7.39. The summed E-state index contributed by atoms with van der Waals surface area (Å²) in [6.07, 6.45) is 0. The van der Waals surface area contributed by atoms with E-state index in [1.807, 2.05) is 36.4 Å². The zero-order valence-electron chi connectivity index (χ0n) is 24.2. The average Bonchev–Trinajstić information content (AvgIpc) is 3.69. The molecule has 0 aliphatic carbocycles. The molecule has 2 aliphatic rings. The molecule has 0 bridgehead atoms. The Morgan fingerprint density at radius 1 is 0.683 bits per heavy atom. The van der Waals surface area contributed by atoms with Gasteiger partial charge in [-0.2, -0.15) is 0 Å². The SMILES string of the molecule is CCN1CCN=C1c1ccc(OCc2cccc(COc3ccc(C4=NCCN4CC)cc3OC)c2F)c(OC)c1. The molecule has 0 unspecified atom stereocenters. The van der Waals surface area contributed by atoms with E-state index in [0.29, 0.717) is 34.1 Å². The molecule has 0 saturated heterocycles. The lowest BCUT2D eigenvalue weighted by molar-refractivity contribution is 0.270. The van der Waals surface area contributed by atoms with Crippen molar-refractivity contribution in [3.05, 3.63) is 82.7 Å². The van der Waals surface area contributed by atoms with E-state index < -0.39 is 0 Å². The van der Waals surface area contributed by atoms with Crippen molar-refractivity contribution in [1.29, 1.82) is 0 Å². The van der Waals surface area contributed by atoms with E-state index in [1.54, 1.807) is 32.4 Å². The molecular weight excluding hydrogens is 523 g/mol. The molecule has 0 N–H and O–H groups in total. The predicted octanol–water partition coefficient (Wildman–Crippen LogP) is 5.17. The Kier molecular flexibility index (Phi) is 8.91. The van der Waals surface area contributed by atoms with Crippen molar-refractivity contribution >= 4 is 11.7 Å². The molecule has 2 aliphatic heterocycles. The number of ether oxygens (including phenoxy) is 4. The van der Waals surface area contributed by atoms with E-state index in [2.05, 4.69) is 33.6 Å². The van der Waals surface area contributed by atoms with Crippen LogP contribution in [0.5, 0.6) is 23.0 Å². The topological polar surface area (TPSA) is 68.1 Å². The van der Waals surface area contributed by atoms with Gasteiger partial charge >= 0.3 is 0 Å². The molecule has 0 atom stereocenters. The number of halogens is 1. The highest BCUT2D eigenvalue weighted by molar-refractivity contribution is 6.01. The van der Waals surface area contributed by atoms with E-state index in [0.717, 1.165) is 62.1 Å². The first-order valence-corrected chi connectivity index (χ1v) is 14.0. The normalized spacial score (nSPS) is 14.7. The van der Waals surface area contributed by atoms with Crippen molar-refractivity contribution in [2.24, 2.45) is 9.98 Å². The van der Waals surface area contributed by atoms with Gasteiger partial charge in [0.05, 0.1) is 27.3 Å². The Hall–Kier alpha value is -4.27. The monoisotopic (exact) mass is 560 g/mol. The third kappa shape index (κ3) is 6.09. The maximum Gasteiger partial charge on any atom is 0.161 e. The van der Waals surface area contributed by atoms with Gasteiger partial charge in [0.2, 0.25) is 0 Å². The van der Waals surface area contributed by atoms with Gasteiger partial charge in [0.15, 0.2) is 23.0 Å². The van der Waals surface area contributed by atoms with Crippen LogP contribution in [0.1, 0.15) is 36.1 Å². The van der Waals surface area contributed by atoms with Crippen LogP contribution in [0.25, 0.3) is 0 Å². The number of likely N-dealkylation sites (N-methyl/N-ethyl adjacent to an activating group) is 2. The van der Waals surface area contributed by atoms with Gasteiger partial charge in [0, 0.05) is 48.4 Å². The predicted molar refractivity (Wildman–Crippen MR) is 158 cm³/mol. The fourth-order valence-corrected chi connectivity index (χ4v) is 5.15. The minimum absolute atomic E-state index is 0.0471. The first-order valence-electron chi connectivity index (χ1n) is 14.0. The van der Waals surface area contributed by atoms with Gasteiger partial charge in [-0.25, -0.2) is 4.39 Å². The maximum atomic E-state index is 15.5. The highest BCUT2D eigenvalue weighted by Gasteiger charge is 2.20. The summed E-state index contributed by atoms with van der Waals surface area (Å²) in [6.45, 7) is 9.51. The quantitative estimate of drug-likeness (QED) is 0.305. The summed E-state index contributed by atoms with van der Waals surface area (Å²) in [5, 5.41) is 0. The first kappa shape index (κ1) is 28.3. The molecule has 0 fully saturated rings. The largest absolute Gasteiger partial charge is 0.493 e. The van der Waals surface area contributed by atoms with Crippen LogP contribution in [0, 0.1) is 5.82 Å². The molecule has 3 aromatic rings. The number of benzene rings is 3. The van der Waals surface area contributed by atoms with E-state index in [1.165, 1.54) is 0 Å². The summed E-state index contributed by atoms with van der Waals surface area (Å²) in [5.41, 5.74) is 2.80. The summed E-state index contributed by atoms with van der Waals surface area (Å²) in [7, 11) is 3.20. The molecule has 0 aromatic heterocycles. The van der Waals surface area contributed by atoms with Crippen LogP contribution in [0.2, 0.25) is 0 Å². The smallest absolute Gasteiger partial charge is 0.161 e. The zero-order valence-corrected chi connectivity index (χ0v) is 24.2. The van der Waals surface area contributed by atoms with Gasteiger partial charge in [0.1, 0.15) is 30.7 Å². The minimum Gasteiger partial charge on any atom is -0.493 e. The summed E-state index contributed by atoms with van der Waals surface area (Å²) < 4.78 is 38.7. The zero-order chi connectivity index (χ0) is 28.8. The Labute approximate surface area is 241 Å². The van der Waals surface area contributed by atoms with Gasteiger partial charge in [-0.1, -0.05) is 18.2 Å². The fourth-order valence-electron chi connectivity index (χ4n) is 5.15. The van der Waals surface area contributed by atoms with Crippen molar-refractivity contribution in [2.45, 2.75) is 27.1 Å². The molecule has 2 heterocycles. The van der Waals surface area contributed by atoms with Crippen LogP contribution < -0.4 is 18.9 Å². The Bertz CT molecular complexity index is 1340. The Morgan fingerprint density at radius 2 is 1.15 bits per heavy atom. The van der Waals surface area contributed by atoms with Gasteiger partial charge in [0.25, 0.3) is 0 Å². The van der Waals surface area contributed by atoms with Crippen molar-refractivity contribution in [2.75, 3.05) is 53.5 Å². The van der Waals surface area contributed by atoms with Crippen molar-refractivity contribution in [3.8, 4) is 23.0 Å². The average molecular weight is 561 g/mol. The lowest BCUT2D eigenvalue weighted by Crippen LogP contribution is -2.28. The van der Waals surface area contributed by atoms with E-state index in [-0.39, 0.29) is 19.0 Å². The number of methoxy groups -OCH3 is 2.